The Balaban J connectivity index is 2.54. The predicted octanol–water partition coefficient (Wildman–Crippen LogP) is 3.35. The highest BCUT2D eigenvalue weighted by molar-refractivity contribution is 7.99. The Morgan fingerprint density at radius 1 is 1.33 bits per heavy atom. The summed E-state index contributed by atoms with van der Waals surface area (Å²) in [5.41, 5.74) is 1.15. The second-order valence-electron chi connectivity index (χ2n) is 5.75. The second-order valence-corrected chi connectivity index (χ2v) is 6.86. The first-order chi connectivity index (χ1) is 8.40. The maximum absolute atomic E-state index is 11.2. The first-order valence-electron chi connectivity index (χ1n) is 6.36. The maximum Gasteiger partial charge on any atom is 0.125 e. The van der Waals surface area contributed by atoms with Gasteiger partial charge < -0.3 is 9.84 Å². The highest BCUT2D eigenvalue weighted by Gasteiger charge is 2.48. The molecule has 0 aromatic heterocycles. The zero-order valence-electron chi connectivity index (χ0n) is 11.6. The molecule has 100 valence electrons. The van der Waals surface area contributed by atoms with Gasteiger partial charge in [0.05, 0.1) is 7.11 Å². The molecule has 1 heterocycles. The van der Waals surface area contributed by atoms with Crippen LogP contribution in [0.2, 0.25) is 0 Å². The van der Waals surface area contributed by atoms with Crippen molar-refractivity contribution in [1.29, 1.82) is 0 Å². The summed E-state index contributed by atoms with van der Waals surface area (Å²) in [6.45, 7) is 6.35. The van der Waals surface area contributed by atoms with E-state index in [1.807, 2.05) is 23.9 Å². The van der Waals surface area contributed by atoms with Crippen LogP contribution in [0.5, 0.6) is 5.75 Å². The van der Waals surface area contributed by atoms with E-state index in [4.69, 9.17) is 4.74 Å². The van der Waals surface area contributed by atoms with E-state index in [9.17, 15) is 5.11 Å². The van der Waals surface area contributed by atoms with Crippen LogP contribution in [0.25, 0.3) is 0 Å². The molecule has 1 aliphatic rings. The molecule has 0 bridgehead atoms. The number of benzene rings is 1. The largest absolute Gasteiger partial charge is 0.496 e. The van der Waals surface area contributed by atoms with Gasteiger partial charge in [0.2, 0.25) is 0 Å². The Labute approximate surface area is 114 Å². The van der Waals surface area contributed by atoms with Crippen molar-refractivity contribution in [1.82, 2.24) is 0 Å². The van der Waals surface area contributed by atoms with Gasteiger partial charge in [0.1, 0.15) is 11.4 Å². The fourth-order valence-electron chi connectivity index (χ4n) is 2.54. The average Bonchev–Trinajstić information content (AvgIpc) is 2.33. The van der Waals surface area contributed by atoms with E-state index in [2.05, 4.69) is 26.8 Å². The fraction of sp³-hybridized carbons (Fsp3) is 0.600. The third kappa shape index (κ3) is 2.14. The molecular formula is C15H22O2S. The van der Waals surface area contributed by atoms with Gasteiger partial charge in [-0.1, -0.05) is 25.5 Å². The van der Waals surface area contributed by atoms with Gasteiger partial charge in [0.15, 0.2) is 0 Å². The summed E-state index contributed by atoms with van der Waals surface area (Å²) in [7, 11) is 1.67. The smallest absolute Gasteiger partial charge is 0.125 e. The van der Waals surface area contributed by atoms with Gasteiger partial charge in [-0.2, -0.15) is 11.8 Å². The summed E-state index contributed by atoms with van der Waals surface area (Å²) in [6, 6.07) is 6.04. The molecule has 1 fully saturated rings. The number of aryl methyl sites for hydroxylation is 1. The summed E-state index contributed by atoms with van der Waals surface area (Å²) in [4.78, 5) is 0. The van der Waals surface area contributed by atoms with E-state index < -0.39 is 5.60 Å². The quantitative estimate of drug-likeness (QED) is 0.890. The molecule has 18 heavy (non-hydrogen) atoms. The van der Waals surface area contributed by atoms with E-state index in [1.54, 1.807) is 7.11 Å². The summed E-state index contributed by atoms with van der Waals surface area (Å²) >= 11 is 1.82. The molecule has 1 aromatic rings. The maximum atomic E-state index is 11.2. The molecule has 0 spiro atoms. The van der Waals surface area contributed by atoms with Crippen molar-refractivity contribution in [3.05, 3.63) is 29.3 Å². The van der Waals surface area contributed by atoms with Crippen LogP contribution in [-0.4, -0.2) is 23.7 Å². The van der Waals surface area contributed by atoms with E-state index in [0.717, 1.165) is 34.8 Å². The minimum absolute atomic E-state index is 0.126. The average molecular weight is 266 g/mol. The lowest BCUT2D eigenvalue weighted by atomic mass is 9.69. The fourth-order valence-corrected chi connectivity index (χ4v) is 4.18. The molecule has 1 aliphatic heterocycles. The van der Waals surface area contributed by atoms with Crippen LogP contribution in [0.15, 0.2) is 18.2 Å². The molecule has 0 amide bonds. The minimum atomic E-state index is -0.812. The molecule has 0 saturated carbocycles. The van der Waals surface area contributed by atoms with Crippen molar-refractivity contribution in [3.63, 3.8) is 0 Å². The topological polar surface area (TPSA) is 29.5 Å². The van der Waals surface area contributed by atoms with Crippen LogP contribution >= 0.6 is 11.8 Å². The lowest BCUT2D eigenvalue weighted by molar-refractivity contribution is -0.0593. The van der Waals surface area contributed by atoms with E-state index in [0.29, 0.717) is 0 Å². The summed E-state index contributed by atoms with van der Waals surface area (Å²) in [5.74, 6) is 2.64. The van der Waals surface area contributed by atoms with Gasteiger partial charge in [-0.05, 0) is 36.6 Å². The molecule has 1 atom stereocenters. The number of ether oxygens (including phenoxy) is 1. The van der Waals surface area contributed by atoms with Crippen LogP contribution in [0.1, 0.15) is 31.4 Å². The Hall–Kier alpha value is -0.670. The van der Waals surface area contributed by atoms with Gasteiger partial charge in [-0.25, -0.2) is 0 Å². The number of hydrogen-bond acceptors (Lipinski definition) is 3. The summed E-state index contributed by atoms with van der Waals surface area (Å²) in [5, 5.41) is 11.2. The Kier molecular flexibility index (Phi) is 3.65. The SMILES string of the molecule is COc1ccc(C)cc1C1(O)CSCCC1(C)C. The number of rotatable bonds is 2. The first-order valence-corrected chi connectivity index (χ1v) is 7.51. The molecule has 1 unspecified atom stereocenters. The van der Waals surface area contributed by atoms with E-state index in [-0.39, 0.29) is 5.41 Å². The lowest BCUT2D eigenvalue weighted by Crippen LogP contribution is -2.47. The molecule has 3 heteroatoms. The molecule has 1 N–H and O–H groups in total. The highest BCUT2D eigenvalue weighted by atomic mass is 32.2. The Morgan fingerprint density at radius 2 is 2.06 bits per heavy atom. The molecule has 2 rings (SSSR count). The monoisotopic (exact) mass is 266 g/mol. The van der Waals surface area contributed by atoms with Crippen LogP contribution in [-0.2, 0) is 5.60 Å². The number of hydrogen-bond donors (Lipinski definition) is 1. The van der Waals surface area contributed by atoms with Crippen molar-refractivity contribution >= 4 is 11.8 Å². The third-order valence-corrected chi connectivity index (χ3v) is 5.22. The molecule has 2 nitrogen and oxygen atoms in total. The molecule has 0 aliphatic carbocycles. The van der Waals surface area contributed by atoms with Gasteiger partial charge >= 0.3 is 0 Å². The molecular weight excluding hydrogens is 244 g/mol. The van der Waals surface area contributed by atoms with Gasteiger partial charge in [-0.3, -0.25) is 0 Å². The Morgan fingerprint density at radius 3 is 2.67 bits per heavy atom. The van der Waals surface area contributed by atoms with E-state index in [1.165, 1.54) is 0 Å². The van der Waals surface area contributed by atoms with Crippen molar-refractivity contribution in [3.8, 4) is 5.75 Å². The number of thioether (sulfide) groups is 1. The normalized spacial score (nSPS) is 26.9. The molecule has 0 radical (unpaired) electrons. The zero-order chi connectivity index (χ0) is 13.4. The van der Waals surface area contributed by atoms with Crippen LogP contribution in [0, 0.1) is 12.3 Å². The van der Waals surface area contributed by atoms with Gasteiger partial charge in [0.25, 0.3) is 0 Å². The van der Waals surface area contributed by atoms with E-state index >= 15 is 0 Å². The zero-order valence-corrected chi connectivity index (χ0v) is 12.4. The molecule has 1 saturated heterocycles. The van der Waals surface area contributed by atoms with Crippen molar-refractivity contribution in [2.45, 2.75) is 32.8 Å². The van der Waals surface area contributed by atoms with Crippen molar-refractivity contribution < 1.29 is 9.84 Å². The minimum Gasteiger partial charge on any atom is -0.496 e. The highest BCUT2D eigenvalue weighted by Crippen LogP contribution is 2.50. The third-order valence-electron chi connectivity index (χ3n) is 4.10. The second kappa shape index (κ2) is 4.78. The summed E-state index contributed by atoms with van der Waals surface area (Å²) in [6.07, 6.45) is 1.02. The lowest BCUT2D eigenvalue weighted by Gasteiger charge is -2.46. The predicted molar refractivity (Wildman–Crippen MR) is 77.4 cm³/mol. The first kappa shape index (κ1) is 13.8. The van der Waals surface area contributed by atoms with Crippen LogP contribution in [0.4, 0.5) is 0 Å². The van der Waals surface area contributed by atoms with Gasteiger partial charge in [0, 0.05) is 11.3 Å². The van der Waals surface area contributed by atoms with Crippen LogP contribution in [0.3, 0.4) is 0 Å². The summed E-state index contributed by atoms with van der Waals surface area (Å²) < 4.78 is 5.44. The number of aliphatic hydroxyl groups is 1. The standard InChI is InChI=1S/C15H22O2S/c1-11-5-6-13(17-4)12(9-11)15(16)10-18-8-7-14(15,2)3/h5-6,9,16H,7-8,10H2,1-4H3. The van der Waals surface area contributed by atoms with Crippen molar-refractivity contribution in [2.24, 2.45) is 5.41 Å². The molecule has 1 aromatic carbocycles. The van der Waals surface area contributed by atoms with Crippen LogP contribution < -0.4 is 4.74 Å². The Bertz CT molecular complexity index is 442. The van der Waals surface area contributed by atoms with Crippen molar-refractivity contribution in [2.75, 3.05) is 18.6 Å². The number of methoxy groups -OCH3 is 1. The van der Waals surface area contributed by atoms with Gasteiger partial charge in [-0.15, -0.1) is 0 Å².